The van der Waals surface area contributed by atoms with E-state index in [2.05, 4.69) is 22.4 Å². The second-order valence-electron chi connectivity index (χ2n) is 7.60. The summed E-state index contributed by atoms with van der Waals surface area (Å²) in [5, 5.41) is 12.8. The van der Waals surface area contributed by atoms with Gasteiger partial charge in [0.2, 0.25) is 0 Å². The number of carboxylic acid groups (broad SMARTS) is 1. The molecule has 1 amide bonds. The van der Waals surface area contributed by atoms with Gasteiger partial charge in [-0.25, -0.2) is 9.59 Å². The lowest BCUT2D eigenvalue weighted by atomic mass is 9.98. The van der Waals surface area contributed by atoms with Crippen LogP contribution in [-0.4, -0.2) is 28.8 Å². The summed E-state index contributed by atoms with van der Waals surface area (Å²) in [6.07, 6.45) is 2.32. The van der Waals surface area contributed by atoms with E-state index >= 15 is 0 Å². The summed E-state index contributed by atoms with van der Waals surface area (Å²) < 4.78 is 5.46. The number of H-pyrrole nitrogens is 1. The van der Waals surface area contributed by atoms with Crippen LogP contribution in [0, 0.1) is 0 Å². The Hall–Kier alpha value is -4.32. The Morgan fingerprint density at radius 2 is 1.56 bits per heavy atom. The van der Waals surface area contributed by atoms with Crippen LogP contribution in [0.15, 0.2) is 84.7 Å². The topological polar surface area (TPSA) is 91.4 Å². The van der Waals surface area contributed by atoms with Crippen LogP contribution in [0.2, 0.25) is 0 Å². The van der Waals surface area contributed by atoms with E-state index in [-0.39, 0.29) is 18.2 Å². The molecule has 0 unspecified atom stereocenters. The molecule has 1 heterocycles. The van der Waals surface area contributed by atoms with E-state index in [4.69, 9.17) is 4.74 Å². The molecule has 0 saturated heterocycles. The Morgan fingerprint density at radius 3 is 2.25 bits per heavy atom. The highest BCUT2D eigenvalue weighted by Gasteiger charge is 2.29. The van der Waals surface area contributed by atoms with Gasteiger partial charge in [0, 0.05) is 28.6 Å². The van der Waals surface area contributed by atoms with Crippen LogP contribution in [0.25, 0.3) is 28.1 Å². The van der Waals surface area contributed by atoms with Crippen molar-refractivity contribution in [2.45, 2.75) is 5.92 Å². The standard InChI is InChI=1S/C26H20N2O4/c29-25(30)24(13-16-14-27-23-12-6-5-7-17(16)23)28-26(31)32-15-22-20-10-3-1-8-18(20)19-9-2-4-11-21(19)22/h1-14,22,27H,15H2,(H,28,31)(H,29,30). The van der Waals surface area contributed by atoms with Gasteiger partial charge in [0.25, 0.3) is 0 Å². The predicted octanol–water partition coefficient (Wildman–Crippen LogP) is 5.13. The van der Waals surface area contributed by atoms with Gasteiger partial charge in [-0.05, 0) is 34.4 Å². The van der Waals surface area contributed by atoms with Gasteiger partial charge in [-0.2, -0.15) is 0 Å². The fourth-order valence-electron chi connectivity index (χ4n) is 4.26. The van der Waals surface area contributed by atoms with Gasteiger partial charge in [0.15, 0.2) is 0 Å². The molecule has 6 heteroatoms. The van der Waals surface area contributed by atoms with Gasteiger partial charge in [-0.15, -0.1) is 0 Å². The summed E-state index contributed by atoms with van der Waals surface area (Å²) in [5.41, 5.74) is 5.72. The van der Waals surface area contributed by atoms with Crippen molar-refractivity contribution in [1.29, 1.82) is 0 Å². The van der Waals surface area contributed by atoms with Crippen molar-refractivity contribution in [1.82, 2.24) is 10.3 Å². The molecular formula is C26H20N2O4. The highest BCUT2D eigenvalue weighted by molar-refractivity contribution is 5.99. The molecule has 4 aromatic rings. The molecule has 158 valence electrons. The number of aliphatic carboxylic acids is 1. The molecule has 0 saturated carbocycles. The number of nitrogens with one attached hydrogen (secondary N) is 2. The number of carbonyl (C=O) groups excluding carboxylic acids is 1. The number of fused-ring (bicyclic) bond motifs is 4. The number of rotatable bonds is 5. The second kappa shape index (κ2) is 8.07. The lowest BCUT2D eigenvalue weighted by molar-refractivity contribution is -0.132. The number of aromatic amines is 1. The Kier molecular flexibility index (Phi) is 4.95. The van der Waals surface area contributed by atoms with Crippen molar-refractivity contribution < 1.29 is 19.4 Å². The quantitative estimate of drug-likeness (QED) is 0.387. The number of hydrogen-bond donors (Lipinski definition) is 3. The van der Waals surface area contributed by atoms with Crippen molar-refractivity contribution in [2.75, 3.05) is 6.61 Å². The molecule has 1 aliphatic carbocycles. The third kappa shape index (κ3) is 3.52. The van der Waals surface area contributed by atoms with Gasteiger partial charge >= 0.3 is 12.1 Å². The molecule has 0 aliphatic heterocycles. The van der Waals surface area contributed by atoms with Crippen LogP contribution in [0.4, 0.5) is 4.79 Å². The van der Waals surface area contributed by atoms with Crippen molar-refractivity contribution in [2.24, 2.45) is 0 Å². The van der Waals surface area contributed by atoms with E-state index in [1.165, 1.54) is 6.08 Å². The second-order valence-corrected chi connectivity index (χ2v) is 7.60. The van der Waals surface area contributed by atoms with Crippen molar-refractivity contribution >= 4 is 29.0 Å². The molecule has 0 atom stereocenters. The normalized spacial score (nSPS) is 12.9. The number of carboxylic acids is 1. The third-order valence-corrected chi connectivity index (χ3v) is 5.73. The first-order valence-corrected chi connectivity index (χ1v) is 10.2. The maximum atomic E-state index is 12.5. The first-order chi connectivity index (χ1) is 15.6. The minimum atomic E-state index is -1.25. The summed E-state index contributed by atoms with van der Waals surface area (Å²) in [6, 6.07) is 23.6. The lowest BCUT2D eigenvalue weighted by Crippen LogP contribution is -2.29. The van der Waals surface area contributed by atoms with Gasteiger partial charge in [0.05, 0.1) is 0 Å². The first kappa shape index (κ1) is 19.6. The molecular weight excluding hydrogens is 404 g/mol. The van der Waals surface area contributed by atoms with Crippen molar-refractivity contribution in [3.8, 4) is 11.1 Å². The molecule has 3 N–H and O–H groups in total. The molecule has 3 aromatic carbocycles. The zero-order valence-electron chi connectivity index (χ0n) is 17.0. The molecule has 5 rings (SSSR count). The number of para-hydroxylation sites is 1. The highest BCUT2D eigenvalue weighted by atomic mass is 16.5. The van der Waals surface area contributed by atoms with Crippen molar-refractivity contribution in [3.05, 3.63) is 101 Å². The number of hydrogen-bond acceptors (Lipinski definition) is 3. The molecule has 6 nitrogen and oxygen atoms in total. The molecule has 0 bridgehead atoms. The average Bonchev–Trinajstić information content (AvgIpc) is 3.36. The Bertz CT molecular complexity index is 1320. The van der Waals surface area contributed by atoms with Crippen LogP contribution in [0.5, 0.6) is 0 Å². The van der Waals surface area contributed by atoms with Gasteiger partial charge < -0.3 is 14.8 Å². The Balaban J connectivity index is 1.34. The zero-order valence-corrected chi connectivity index (χ0v) is 17.0. The fourth-order valence-corrected chi connectivity index (χ4v) is 4.26. The van der Waals surface area contributed by atoms with Gasteiger partial charge in [0.1, 0.15) is 12.3 Å². The van der Waals surface area contributed by atoms with E-state index in [0.29, 0.717) is 5.56 Å². The number of ether oxygens (including phenoxy) is 1. The fraction of sp³-hybridized carbons (Fsp3) is 0.0769. The summed E-state index contributed by atoms with van der Waals surface area (Å²) in [6.45, 7) is 0.111. The first-order valence-electron chi connectivity index (χ1n) is 10.2. The number of carbonyl (C=O) groups is 2. The number of aromatic nitrogens is 1. The van der Waals surface area contributed by atoms with E-state index in [0.717, 1.165) is 33.2 Å². The van der Waals surface area contributed by atoms with E-state index in [1.807, 2.05) is 60.7 Å². The van der Waals surface area contributed by atoms with E-state index in [1.54, 1.807) is 6.20 Å². The predicted molar refractivity (Wildman–Crippen MR) is 122 cm³/mol. The third-order valence-electron chi connectivity index (χ3n) is 5.73. The smallest absolute Gasteiger partial charge is 0.411 e. The number of benzene rings is 3. The Morgan fingerprint density at radius 1 is 0.938 bits per heavy atom. The Labute approximate surface area is 184 Å². The molecule has 1 aromatic heterocycles. The average molecular weight is 424 g/mol. The van der Waals surface area contributed by atoms with Crippen LogP contribution in [-0.2, 0) is 9.53 Å². The largest absolute Gasteiger partial charge is 0.477 e. The van der Waals surface area contributed by atoms with E-state index in [9.17, 15) is 14.7 Å². The molecule has 1 aliphatic rings. The van der Waals surface area contributed by atoms with Gasteiger partial charge in [-0.3, -0.25) is 5.32 Å². The number of amides is 1. The molecule has 0 fully saturated rings. The minimum Gasteiger partial charge on any atom is -0.477 e. The maximum absolute atomic E-state index is 12.5. The lowest BCUT2D eigenvalue weighted by Gasteiger charge is -2.14. The summed E-state index contributed by atoms with van der Waals surface area (Å²) in [7, 11) is 0. The van der Waals surface area contributed by atoms with Crippen LogP contribution >= 0.6 is 0 Å². The SMILES string of the molecule is O=C(NC(=Cc1c[nH]c2ccccc12)C(=O)O)OCC1c2ccccc2-c2ccccc21. The zero-order chi connectivity index (χ0) is 22.1. The summed E-state index contributed by atoms with van der Waals surface area (Å²) >= 11 is 0. The van der Waals surface area contributed by atoms with Gasteiger partial charge in [-0.1, -0.05) is 66.7 Å². The maximum Gasteiger partial charge on any atom is 0.411 e. The van der Waals surface area contributed by atoms with Crippen LogP contribution < -0.4 is 5.32 Å². The minimum absolute atomic E-state index is 0.0981. The summed E-state index contributed by atoms with van der Waals surface area (Å²) in [4.78, 5) is 27.3. The van der Waals surface area contributed by atoms with Crippen molar-refractivity contribution in [3.63, 3.8) is 0 Å². The highest BCUT2D eigenvalue weighted by Crippen LogP contribution is 2.44. The van der Waals surface area contributed by atoms with Crippen LogP contribution in [0.1, 0.15) is 22.6 Å². The van der Waals surface area contributed by atoms with Crippen LogP contribution in [0.3, 0.4) is 0 Å². The molecule has 0 radical (unpaired) electrons. The molecule has 0 spiro atoms. The van der Waals surface area contributed by atoms with E-state index < -0.39 is 12.1 Å². The monoisotopic (exact) mass is 424 g/mol. The molecule has 32 heavy (non-hydrogen) atoms. The summed E-state index contributed by atoms with van der Waals surface area (Å²) in [5.74, 6) is -1.34. The number of alkyl carbamates (subject to hydrolysis) is 1.